The molecule has 0 spiro atoms. The minimum absolute atomic E-state index is 1.05. The highest BCUT2D eigenvalue weighted by molar-refractivity contribution is 4.88. The molecule has 0 amide bonds. The normalized spacial score (nSPS) is 10.7. The highest BCUT2D eigenvalue weighted by atomic mass is 15.1. The predicted octanol–water partition coefficient (Wildman–Crippen LogP) is 1.87. The first-order valence-electron chi connectivity index (χ1n) is 5.30. The predicted molar refractivity (Wildman–Crippen MR) is 58.4 cm³/mol. The van der Waals surface area contributed by atoms with Crippen molar-refractivity contribution >= 4 is 0 Å². The Kier molecular flexibility index (Phi) is 3.17. The van der Waals surface area contributed by atoms with E-state index in [2.05, 4.69) is 19.1 Å². The zero-order valence-electron chi connectivity index (χ0n) is 9.00. The quantitative estimate of drug-likeness (QED) is 0.697. The maximum absolute atomic E-state index is 4.19. The molecule has 0 saturated heterocycles. The van der Waals surface area contributed by atoms with Gasteiger partial charge in [-0.15, -0.1) is 0 Å². The molecular formula is C11H16N4. The number of hydrogen-bond donors (Lipinski definition) is 0. The van der Waals surface area contributed by atoms with E-state index in [1.54, 1.807) is 0 Å². The Labute approximate surface area is 89.6 Å². The van der Waals surface area contributed by atoms with Gasteiger partial charge >= 0.3 is 0 Å². The van der Waals surface area contributed by atoms with Crippen LogP contribution in [-0.4, -0.2) is 19.1 Å². The summed E-state index contributed by atoms with van der Waals surface area (Å²) in [5, 5.41) is 0. The summed E-state index contributed by atoms with van der Waals surface area (Å²) in [6.45, 7) is 4.14. The van der Waals surface area contributed by atoms with Gasteiger partial charge in [-0.05, 0) is 19.8 Å². The number of hydrogen-bond acceptors (Lipinski definition) is 2. The van der Waals surface area contributed by atoms with Gasteiger partial charge in [0, 0.05) is 37.9 Å². The molecule has 0 bridgehead atoms. The van der Waals surface area contributed by atoms with Gasteiger partial charge in [-0.3, -0.25) is 0 Å². The molecule has 2 rings (SSSR count). The van der Waals surface area contributed by atoms with Gasteiger partial charge in [0.1, 0.15) is 5.82 Å². The van der Waals surface area contributed by atoms with Crippen LogP contribution in [0.4, 0.5) is 0 Å². The van der Waals surface area contributed by atoms with Gasteiger partial charge in [0.2, 0.25) is 0 Å². The average Bonchev–Trinajstić information content (AvgIpc) is 2.85. The minimum Gasteiger partial charge on any atom is -0.337 e. The van der Waals surface area contributed by atoms with Crippen molar-refractivity contribution in [3.63, 3.8) is 0 Å². The highest BCUT2D eigenvalue weighted by Gasteiger charge is 1.96. The Morgan fingerprint density at radius 1 is 1.13 bits per heavy atom. The molecule has 0 aromatic carbocycles. The molecule has 0 aliphatic rings. The Hall–Kier alpha value is -1.58. The van der Waals surface area contributed by atoms with Crippen LogP contribution in [0.25, 0.3) is 0 Å². The lowest BCUT2D eigenvalue weighted by atomic mass is 10.3. The molecule has 4 heteroatoms. The van der Waals surface area contributed by atoms with Crippen molar-refractivity contribution in [3.8, 4) is 0 Å². The fourth-order valence-electron chi connectivity index (χ4n) is 1.64. The van der Waals surface area contributed by atoms with Crippen LogP contribution in [0.1, 0.15) is 18.7 Å². The number of nitrogens with zero attached hydrogens (tertiary/aromatic N) is 4. The third-order valence-electron chi connectivity index (χ3n) is 2.55. The van der Waals surface area contributed by atoms with Crippen LogP contribution in [0.3, 0.4) is 0 Å². The Morgan fingerprint density at radius 3 is 2.67 bits per heavy atom. The van der Waals surface area contributed by atoms with E-state index in [-0.39, 0.29) is 0 Å². The summed E-state index contributed by atoms with van der Waals surface area (Å²) < 4.78 is 4.30. The van der Waals surface area contributed by atoms with Gasteiger partial charge in [0.25, 0.3) is 0 Å². The number of aryl methyl sites for hydroxylation is 3. The van der Waals surface area contributed by atoms with Crippen LogP contribution in [0.15, 0.2) is 31.1 Å². The van der Waals surface area contributed by atoms with Crippen LogP contribution in [0.5, 0.6) is 0 Å². The minimum atomic E-state index is 1.05. The molecule has 2 aromatic heterocycles. The summed E-state index contributed by atoms with van der Waals surface area (Å²) in [7, 11) is 0. The zero-order valence-corrected chi connectivity index (χ0v) is 9.00. The summed E-state index contributed by atoms with van der Waals surface area (Å²) in [6.07, 6.45) is 11.9. The standard InChI is InChI=1S/C11H16N4/c1-11-13-5-9-15(11)7-3-2-6-14-8-4-12-10-14/h4-5,8-10H,2-3,6-7H2,1H3. The SMILES string of the molecule is Cc1nccn1CCCCn1ccnc1. The third kappa shape index (κ3) is 2.68. The van der Waals surface area contributed by atoms with Gasteiger partial charge in [0.05, 0.1) is 6.33 Å². The van der Waals surface area contributed by atoms with Crippen molar-refractivity contribution in [1.82, 2.24) is 19.1 Å². The molecule has 4 nitrogen and oxygen atoms in total. The molecule has 0 N–H and O–H groups in total. The Bertz CT molecular complexity index is 388. The van der Waals surface area contributed by atoms with E-state index in [0.717, 1.165) is 18.9 Å². The maximum Gasteiger partial charge on any atom is 0.105 e. The first kappa shape index (κ1) is 9.96. The van der Waals surface area contributed by atoms with Gasteiger partial charge in [0.15, 0.2) is 0 Å². The maximum atomic E-state index is 4.19. The molecule has 0 radical (unpaired) electrons. The van der Waals surface area contributed by atoms with E-state index in [0.29, 0.717) is 0 Å². The average molecular weight is 204 g/mol. The molecule has 0 aliphatic carbocycles. The third-order valence-corrected chi connectivity index (χ3v) is 2.55. The van der Waals surface area contributed by atoms with Crippen molar-refractivity contribution in [1.29, 1.82) is 0 Å². The first-order valence-corrected chi connectivity index (χ1v) is 5.30. The second kappa shape index (κ2) is 4.77. The summed E-state index contributed by atoms with van der Waals surface area (Å²) in [5.41, 5.74) is 0. The number of rotatable bonds is 5. The van der Waals surface area contributed by atoms with Crippen LogP contribution >= 0.6 is 0 Å². The van der Waals surface area contributed by atoms with E-state index in [1.807, 2.05) is 38.0 Å². The van der Waals surface area contributed by atoms with Gasteiger partial charge in [-0.2, -0.15) is 0 Å². The molecule has 2 aromatic rings. The number of imidazole rings is 2. The number of aromatic nitrogens is 4. The number of unbranched alkanes of at least 4 members (excludes halogenated alkanes) is 1. The molecule has 15 heavy (non-hydrogen) atoms. The Balaban J connectivity index is 1.70. The van der Waals surface area contributed by atoms with E-state index in [4.69, 9.17) is 0 Å². The molecule has 0 unspecified atom stereocenters. The molecule has 2 heterocycles. The lowest BCUT2D eigenvalue weighted by molar-refractivity contribution is 0.546. The van der Waals surface area contributed by atoms with Gasteiger partial charge in [-0.1, -0.05) is 0 Å². The summed E-state index contributed by atoms with van der Waals surface area (Å²) in [4.78, 5) is 8.21. The first-order chi connectivity index (χ1) is 7.36. The van der Waals surface area contributed by atoms with Crippen molar-refractivity contribution in [2.45, 2.75) is 32.9 Å². The smallest absolute Gasteiger partial charge is 0.105 e. The molecular weight excluding hydrogens is 188 g/mol. The summed E-state index contributed by atoms with van der Waals surface area (Å²) in [5.74, 6) is 1.10. The largest absolute Gasteiger partial charge is 0.337 e. The van der Waals surface area contributed by atoms with Crippen molar-refractivity contribution in [3.05, 3.63) is 36.9 Å². The van der Waals surface area contributed by atoms with E-state index >= 15 is 0 Å². The fraction of sp³-hybridized carbons (Fsp3) is 0.455. The Morgan fingerprint density at radius 2 is 2.00 bits per heavy atom. The van der Waals surface area contributed by atoms with Crippen LogP contribution in [0.2, 0.25) is 0 Å². The van der Waals surface area contributed by atoms with Crippen molar-refractivity contribution in [2.75, 3.05) is 0 Å². The monoisotopic (exact) mass is 204 g/mol. The lowest BCUT2D eigenvalue weighted by Gasteiger charge is -2.05. The van der Waals surface area contributed by atoms with E-state index in [9.17, 15) is 0 Å². The van der Waals surface area contributed by atoms with Gasteiger partial charge < -0.3 is 9.13 Å². The van der Waals surface area contributed by atoms with Crippen molar-refractivity contribution in [2.24, 2.45) is 0 Å². The summed E-state index contributed by atoms with van der Waals surface area (Å²) in [6, 6.07) is 0. The van der Waals surface area contributed by atoms with Crippen LogP contribution in [-0.2, 0) is 13.1 Å². The molecule has 80 valence electrons. The van der Waals surface area contributed by atoms with E-state index < -0.39 is 0 Å². The highest BCUT2D eigenvalue weighted by Crippen LogP contribution is 2.01. The second-order valence-electron chi connectivity index (χ2n) is 3.68. The van der Waals surface area contributed by atoms with Gasteiger partial charge in [-0.25, -0.2) is 9.97 Å². The molecule has 0 atom stereocenters. The van der Waals surface area contributed by atoms with Crippen LogP contribution < -0.4 is 0 Å². The molecule has 0 aliphatic heterocycles. The topological polar surface area (TPSA) is 35.6 Å². The zero-order chi connectivity index (χ0) is 10.5. The molecule has 0 fully saturated rings. The van der Waals surface area contributed by atoms with E-state index in [1.165, 1.54) is 12.8 Å². The lowest BCUT2D eigenvalue weighted by Crippen LogP contribution is -2.01. The fourth-order valence-corrected chi connectivity index (χ4v) is 1.64. The van der Waals surface area contributed by atoms with Crippen LogP contribution in [0, 0.1) is 6.92 Å². The molecule has 0 saturated carbocycles. The second-order valence-corrected chi connectivity index (χ2v) is 3.68. The van der Waals surface area contributed by atoms with Crippen molar-refractivity contribution < 1.29 is 0 Å². The summed E-state index contributed by atoms with van der Waals surface area (Å²) >= 11 is 0.